The van der Waals surface area contributed by atoms with Crippen LogP contribution in [0.3, 0.4) is 0 Å². The van der Waals surface area contributed by atoms with Crippen LogP contribution in [0.5, 0.6) is 17.2 Å². The number of benzene rings is 2. The highest BCUT2D eigenvalue weighted by molar-refractivity contribution is 6.11. The van der Waals surface area contributed by atoms with Crippen LogP contribution in [0.15, 0.2) is 34.9 Å². The lowest BCUT2D eigenvalue weighted by atomic mass is 9.38. The molecule has 2 bridgehead atoms. The summed E-state index contributed by atoms with van der Waals surface area (Å²) in [6, 6.07) is 2.59. The summed E-state index contributed by atoms with van der Waals surface area (Å²) in [7, 11) is 0. The zero-order valence-electron chi connectivity index (χ0n) is 44.5. The lowest BCUT2D eigenvalue weighted by Gasteiger charge is -2.72. The monoisotopic (exact) mass is 1050 g/mol. The topological polar surface area (TPSA) is 237 Å². The van der Waals surface area contributed by atoms with E-state index in [0.717, 1.165) is 44.6 Å². The third-order valence-electron chi connectivity index (χ3n) is 24.1. The van der Waals surface area contributed by atoms with Crippen molar-refractivity contribution in [1.82, 2.24) is 10.9 Å². The van der Waals surface area contributed by atoms with E-state index in [1.54, 1.807) is 0 Å². The van der Waals surface area contributed by atoms with E-state index in [-0.39, 0.29) is 80.9 Å². The first-order valence-corrected chi connectivity index (χ1v) is 29.4. The van der Waals surface area contributed by atoms with Gasteiger partial charge in [-0.25, -0.2) is 4.79 Å². The zero-order chi connectivity index (χ0) is 52.6. The molecule has 3 saturated heterocycles. The molecule has 15 heteroatoms. The number of aliphatic hydroxyl groups is 4. The number of phenolic OH excluding ortho intramolecular Hbond substituents is 2. The first-order valence-electron chi connectivity index (χ1n) is 29.4. The number of aliphatic hydroxyl groups excluding tert-OH is 4. The molecule has 4 heterocycles. The third-order valence-corrected chi connectivity index (χ3v) is 24.1. The number of hydrazine groups is 1. The molecule has 0 unspecified atom stereocenters. The lowest BCUT2D eigenvalue weighted by Crippen LogP contribution is -2.81. The number of hydrogen-bond acceptors (Lipinski definition) is 14. The molecule has 412 valence electrons. The summed E-state index contributed by atoms with van der Waals surface area (Å²) in [5.74, 6) is -3.13. The van der Waals surface area contributed by atoms with Crippen LogP contribution < -0.4 is 15.6 Å². The number of carboxylic acids is 1. The molecule has 14 atom stereocenters. The molecular formula is C61H80N2O13. The SMILES string of the molecule is CC(=O)c1c(C)c(O)c2cc(C(=O)O)cc(O[C@@H]3O[C@H](CO)[C@]4(C[C@@H]5C6=C(CC=C6[C@@]6(CCCO)COC[C@@H]7C[C@]89C[C@@]5(NN[C@@H]8C[C@]5(CCC[C@]58CCC5(CCCC5)C8)C9)[C@H]76)C5(CCCCC5)O4)[C@H](O)[C@H]3O)c2c1O. The minimum absolute atomic E-state index is 0.0352. The number of hydrogen-bond donors (Lipinski definition) is 9. The standard InChI is InChI=1S/C61H80N2O13/c1-33-44(34(2)66)48(68)45-37(47(33)67)22-35(52(71)72)23-41(45)74-53-49(69)51(70)61(43(27-65)75-53)25-40-46-38(10-11-39(46)59(76-61)17-4-3-5-18-59)58(16-9-21-64)32-73-28-36-24-55-30-57(26-42(55)62-63-60(40,31-55)50(36)58)15-8-14-56(57)20-19-54(29-56)12-6-7-13-54/h10,22-23,36,40,42-43,49-51,53,62-65,67-70H,3-9,11-21,24-32H2,1-2H3,(H,71,72)/t36-,40+,42+,43+,49+,50+,51+,53+,55-,56+,57+,58+,60-,61+/m0/s1. The number of ether oxygens (including phenoxy) is 4. The summed E-state index contributed by atoms with van der Waals surface area (Å²) in [6.45, 7) is 3.36. The third kappa shape index (κ3) is 6.55. The fourth-order valence-corrected chi connectivity index (χ4v) is 21.6. The highest BCUT2D eigenvalue weighted by Crippen LogP contribution is 2.80. The van der Waals surface area contributed by atoms with E-state index >= 15 is 0 Å². The Labute approximate surface area is 445 Å². The van der Waals surface area contributed by atoms with Gasteiger partial charge in [0.05, 0.1) is 35.3 Å². The normalized spacial score (nSPS) is 43.2. The van der Waals surface area contributed by atoms with Crippen LogP contribution in [-0.4, -0.2) is 121 Å². The van der Waals surface area contributed by atoms with Crippen molar-refractivity contribution in [3.05, 3.63) is 51.6 Å². The van der Waals surface area contributed by atoms with E-state index in [4.69, 9.17) is 18.9 Å². The number of fused-ring (bicyclic) bond motifs is 4. The quantitative estimate of drug-likeness (QED) is 0.0897. The number of aromatic carboxylic acids is 1. The first-order chi connectivity index (χ1) is 36.5. The van der Waals surface area contributed by atoms with Gasteiger partial charge >= 0.3 is 5.97 Å². The molecule has 8 aliphatic carbocycles. The van der Waals surface area contributed by atoms with Crippen LogP contribution in [0.2, 0.25) is 0 Å². The largest absolute Gasteiger partial charge is 0.507 e. The maximum atomic E-state index is 13.4. The van der Waals surface area contributed by atoms with E-state index in [2.05, 4.69) is 16.9 Å². The Balaban J connectivity index is 0.900. The van der Waals surface area contributed by atoms with Crippen molar-refractivity contribution < 1.29 is 64.3 Å². The van der Waals surface area contributed by atoms with Gasteiger partial charge in [-0.2, -0.15) is 0 Å². The van der Waals surface area contributed by atoms with Gasteiger partial charge in [-0.3, -0.25) is 15.6 Å². The number of phenols is 2. The Morgan fingerprint density at radius 3 is 2.39 bits per heavy atom. The summed E-state index contributed by atoms with van der Waals surface area (Å²) in [4.78, 5) is 25.5. The van der Waals surface area contributed by atoms with Crippen molar-refractivity contribution in [2.45, 2.75) is 209 Å². The van der Waals surface area contributed by atoms with Gasteiger partial charge < -0.3 is 54.7 Å². The molecule has 15 nitrogen and oxygen atoms in total. The summed E-state index contributed by atoms with van der Waals surface area (Å²) in [5, 5.41) is 81.8. The van der Waals surface area contributed by atoms with Gasteiger partial charge in [0.25, 0.3) is 0 Å². The van der Waals surface area contributed by atoms with Crippen molar-refractivity contribution in [3.8, 4) is 17.2 Å². The van der Waals surface area contributed by atoms with Crippen LogP contribution in [0.4, 0.5) is 0 Å². The van der Waals surface area contributed by atoms with Gasteiger partial charge in [0.15, 0.2) is 5.78 Å². The Morgan fingerprint density at radius 1 is 0.868 bits per heavy atom. The molecule has 0 aromatic heterocycles. The van der Waals surface area contributed by atoms with E-state index in [1.807, 2.05) is 0 Å². The first kappa shape index (κ1) is 50.6. The fraction of sp³-hybridized carbons (Fsp3) is 0.738. The van der Waals surface area contributed by atoms with Crippen molar-refractivity contribution >= 4 is 22.5 Å². The second kappa shape index (κ2) is 17.2. The number of nitrogens with one attached hydrogen (secondary N) is 2. The minimum atomic E-state index is -1.83. The number of aromatic hydroxyl groups is 2. The van der Waals surface area contributed by atoms with Gasteiger partial charge in [0, 0.05) is 47.1 Å². The second-order valence-electron chi connectivity index (χ2n) is 27.3. The maximum absolute atomic E-state index is 13.4. The zero-order valence-corrected chi connectivity index (χ0v) is 44.5. The Hall–Kier alpha value is -3.64. The van der Waals surface area contributed by atoms with Gasteiger partial charge in [0.2, 0.25) is 6.29 Å². The molecule has 12 aliphatic rings. The highest BCUT2D eigenvalue weighted by atomic mass is 16.7. The highest BCUT2D eigenvalue weighted by Gasteiger charge is 2.78. The van der Waals surface area contributed by atoms with Gasteiger partial charge in [-0.15, -0.1) is 0 Å². The predicted molar refractivity (Wildman–Crippen MR) is 279 cm³/mol. The molecule has 2 aromatic carbocycles. The van der Waals surface area contributed by atoms with Crippen molar-refractivity contribution in [2.75, 3.05) is 26.4 Å². The Kier molecular flexibility index (Phi) is 11.4. The predicted octanol–water partition coefficient (Wildman–Crippen LogP) is 8.11. The molecule has 14 rings (SSSR count). The van der Waals surface area contributed by atoms with Crippen LogP contribution in [0.1, 0.15) is 181 Å². The maximum Gasteiger partial charge on any atom is 0.335 e. The molecule has 9 N–H and O–H groups in total. The number of Topliss-reactive ketones (excluding diaryl/α,β-unsaturated/α-hetero) is 1. The van der Waals surface area contributed by atoms with Crippen LogP contribution >= 0.6 is 0 Å². The smallest absolute Gasteiger partial charge is 0.335 e. The van der Waals surface area contributed by atoms with E-state index in [9.17, 15) is 45.3 Å². The van der Waals surface area contributed by atoms with Crippen LogP contribution in [0.25, 0.3) is 10.8 Å². The molecule has 7 spiro atoms. The van der Waals surface area contributed by atoms with E-state index < -0.39 is 76.6 Å². The average molecular weight is 1050 g/mol. The van der Waals surface area contributed by atoms with E-state index in [1.165, 1.54) is 114 Å². The van der Waals surface area contributed by atoms with Crippen molar-refractivity contribution in [1.29, 1.82) is 0 Å². The summed E-state index contributed by atoms with van der Waals surface area (Å²) in [6.07, 6.45) is 20.2. The minimum Gasteiger partial charge on any atom is -0.507 e. The molecule has 0 amide bonds. The molecule has 76 heavy (non-hydrogen) atoms. The number of allylic oxidation sites excluding steroid dienone is 1. The average Bonchev–Trinajstić information content (AvgIpc) is 4.42. The number of carbonyl (C=O) groups is 2. The summed E-state index contributed by atoms with van der Waals surface area (Å²) >= 11 is 0. The van der Waals surface area contributed by atoms with Gasteiger partial charge in [-0.1, -0.05) is 44.6 Å². The Bertz CT molecular complexity index is 2850. The van der Waals surface area contributed by atoms with Crippen LogP contribution in [-0.2, 0) is 14.2 Å². The molecule has 7 saturated carbocycles. The fourth-order valence-electron chi connectivity index (χ4n) is 21.6. The van der Waals surface area contributed by atoms with Gasteiger partial charge in [0.1, 0.15) is 41.2 Å². The number of carbonyl (C=O) groups excluding carboxylic acids is 1. The molecule has 0 radical (unpaired) electrons. The Morgan fingerprint density at radius 2 is 1.64 bits per heavy atom. The number of rotatable bonds is 8. The second-order valence-corrected chi connectivity index (χ2v) is 27.3. The molecule has 2 aromatic rings. The number of carboxylic acid groups (broad SMARTS) is 1. The van der Waals surface area contributed by atoms with Crippen LogP contribution in [0, 0.1) is 51.8 Å². The van der Waals surface area contributed by atoms with Crippen molar-refractivity contribution in [2.24, 2.45) is 44.8 Å². The molecule has 10 fully saturated rings. The summed E-state index contributed by atoms with van der Waals surface area (Å²) in [5.41, 5.74) is 9.39. The summed E-state index contributed by atoms with van der Waals surface area (Å²) < 4.78 is 28.1. The molecule has 4 aliphatic heterocycles. The van der Waals surface area contributed by atoms with Gasteiger partial charge in [-0.05, 0) is 185 Å². The van der Waals surface area contributed by atoms with Crippen molar-refractivity contribution in [3.63, 3.8) is 0 Å². The number of ketones is 1. The van der Waals surface area contributed by atoms with E-state index in [0.29, 0.717) is 49.7 Å². The molecular weight excluding hydrogens is 969 g/mol. The lowest BCUT2D eigenvalue weighted by molar-refractivity contribution is -0.346.